The number of hydrogen-bond acceptors (Lipinski definition) is 5. The lowest BCUT2D eigenvalue weighted by molar-refractivity contribution is -0.605. The van der Waals surface area contributed by atoms with Crippen molar-refractivity contribution >= 4 is 23.2 Å². The van der Waals surface area contributed by atoms with Crippen molar-refractivity contribution in [3.63, 3.8) is 0 Å². The molecule has 6 nitrogen and oxygen atoms in total. The van der Waals surface area contributed by atoms with Crippen LogP contribution in [0.2, 0.25) is 10.0 Å². The van der Waals surface area contributed by atoms with E-state index in [0.29, 0.717) is 15.9 Å². The molecule has 1 heterocycles. The maximum Gasteiger partial charge on any atom is 0.387 e. The molecular formula is C17H17Cl2F2NO5. The summed E-state index contributed by atoms with van der Waals surface area (Å²) < 4.78 is 40.2. The van der Waals surface area contributed by atoms with Crippen molar-refractivity contribution in [3.8, 4) is 11.5 Å². The molecule has 0 aliphatic carbocycles. The molecule has 1 aromatic heterocycles. The SMILES string of the molecule is COCCOc1cc(C(O)Cc2c(Cl)c[n+]([O-])cc2Cl)ccc1OC(F)F. The Balaban J connectivity index is 2.24. The van der Waals surface area contributed by atoms with E-state index in [9.17, 15) is 19.1 Å². The van der Waals surface area contributed by atoms with Crippen molar-refractivity contribution in [2.75, 3.05) is 20.3 Å². The number of aliphatic hydroxyl groups is 1. The van der Waals surface area contributed by atoms with Gasteiger partial charge in [-0.25, -0.2) is 0 Å². The Labute approximate surface area is 164 Å². The molecule has 1 atom stereocenters. The van der Waals surface area contributed by atoms with Crippen molar-refractivity contribution in [3.05, 3.63) is 57.0 Å². The van der Waals surface area contributed by atoms with Crippen LogP contribution >= 0.6 is 23.2 Å². The first kappa shape index (κ1) is 21.4. The van der Waals surface area contributed by atoms with Crippen LogP contribution in [0.15, 0.2) is 30.6 Å². The first-order valence-electron chi connectivity index (χ1n) is 7.77. The van der Waals surface area contributed by atoms with E-state index in [0.717, 1.165) is 12.4 Å². The number of methoxy groups -OCH3 is 1. The summed E-state index contributed by atoms with van der Waals surface area (Å²) in [6, 6.07) is 4.08. The van der Waals surface area contributed by atoms with E-state index in [2.05, 4.69) is 4.74 Å². The number of halogens is 4. The molecule has 1 aromatic carbocycles. The summed E-state index contributed by atoms with van der Waals surface area (Å²) >= 11 is 12.0. The molecule has 1 N–H and O–H groups in total. The number of nitrogens with zero attached hydrogens (tertiary/aromatic N) is 1. The topological polar surface area (TPSA) is 74.9 Å². The predicted molar refractivity (Wildman–Crippen MR) is 94.5 cm³/mol. The van der Waals surface area contributed by atoms with Crippen molar-refractivity contribution in [1.82, 2.24) is 0 Å². The van der Waals surface area contributed by atoms with Gasteiger partial charge < -0.3 is 24.5 Å². The van der Waals surface area contributed by atoms with Crippen molar-refractivity contribution < 1.29 is 32.8 Å². The third kappa shape index (κ3) is 6.07. The van der Waals surface area contributed by atoms with E-state index >= 15 is 0 Å². The Bertz CT molecular complexity index is 756. The third-order valence-electron chi connectivity index (χ3n) is 3.57. The van der Waals surface area contributed by atoms with E-state index in [1.165, 1.54) is 25.3 Å². The van der Waals surface area contributed by atoms with Gasteiger partial charge in [0.1, 0.15) is 16.7 Å². The number of aromatic nitrogens is 1. The largest absolute Gasteiger partial charge is 0.619 e. The summed E-state index contributed by atoms with van der Waals surface area (Å²) in [5, 5.41) is 22.0. The van der Waals surface area contributed by atoms with Crippen LogP contribution in [0.5, 0.6) is 11.5 Å². The molecule has 0 saturated heterocycles. The summed E-state index contributed by atoms with van der Waals surface area (Å²) in [7, 11) is 1.47. The Morgan fingerprint density at radius 2 is 1.81 bits per heavy atom. The summed E-state index contributed by atoms with van der Waals surface area (Å²) in [4.78, 5) is 0. The van der Waals surface area contributed by atoms with E-state index < -0.39 is 12.7 Å². The van der Waals surface area contributed by atoms with Crippen LogP contribution in [0, 0.1) is 5.21 Å². The minimum Gasteiger partial charge on any atom is -0.619 e. The molecule has 0 amide bonds. The number of aliphatic hydroxyl groups excluding tert-OH is 1. The highest BCUT2D eigenvalue weighted by Gasteiger charge is 2.19. The molecule has 0 bridgehead atoms. The zero-order valence-corrected chi connectivity index (χ0v) is 15.7. The van der Waals surface area contributed by atoms with Gasteiger partial charge in [0.2, 0.25) is 0 Å². The Morgan fingerprint density at radius 1 is 1.15 bits per heavy atom. The van der Waals surface area contributed by atoms with Crippen LogP contribution < -0.4 is 14.2 Å². The van der Waals surface area contributed by atoms with Gasteiger partial charge in [-0.05, 0) is 17.7 Å². The van der Waals surface area contributed by atoms with Gasteiger partial charge in [-0.3, -0.25) is 0 Å². The van der Waals surface area contributed by atoms with Gasteiger partial charge in [-0.15, -0.1) is 0 Å². The molecule has 27 heavy (non-hydrogen) atoms. The standard InChI is InChI=1S/C17H17Cl2F2NO5/c1-25-4-5-26-16-6-10(2-3-15(16)27-17(20)21)14(23)7-11-12(18)8-22(24)9-13(11)19/h2-3,6,8-9,14,17,23H,4-5,7H2,1H3. The number of pyridine rings is 1. The van der Waals surface area contributed by atoms with E-state index in [1.54, 1.807) is 0 Å². The lowest BCUT2D eigenvalue weighted by Gasteiger charge is -2.17. The lowest BCUT2D eigenvalue weighted by atomic mass is 10.0. The second-order valence-corrected chi connectivity index (χ2v) is 6.25. The summed E-state index contributed by atoms with van der Waals surface area (Å²) in [6.07, 6.45) is 1.17. The smallest absolute Gasteiger partial charge is 0.387 e. The molecular weight excluding hydrogens is 407 g/mol. The number of ether oxygens (including phenoxy) is 3. The zero-order valence-electron chi connectivity index (χ0n) is 14.2. The van der Waals surface area contributed by atoms with Crippen molar-refractivity contribution in [1.29, 1.82) is 0 Å². The summed E-state index contributed by atoms with van der Waals surface area (Å²) in [5.74, 6) is -0.133. The summed E-state index contributed by atoms with van der Waals surface area (Å²) in [6.45, 7) is -2.67. The second kappa shape index (κ2) is 9.89. The average Bonchev–Trinajstić information content (AvgIpc) is 2.59. The molecule has 2 aromatic rings. The van der Waals surface area contributed by atoms with Crippen LogP contribution in [0.4, 0.5) is 8.78 Å². The first-order chi connectivity index (χ1) is 12.8. The van der Waals surface area contributed by atoms with Crippen LogP contribution in [-0.2, 0) is 11.2 Å². The average molecular weight is 424 g/mol. The zero-order chi connectivity index (χ0) is 20.0. The van der Waals surface area contributed by atoms with Crippen molar-refractivity contribution in [2.24, 2.45) is 0 Å². The van der Waals surface area contributed by atoms with Gasteiger partial charge in [0.25, 0.3) is 0 Å². The Kier molecular flexibility index (Phi) is 7.85. The van der Waals surface area contributed by atoms with Crippen LogP contribution in [-0.4, -0.2) is 32.0 Å². The second-order valence-electron chi connectivity index (χ2n) is 5.44. The fourth-order valence-corrected chi connectivity index (χ4v) is 2.91. The fraction of sp³-hybridized carbons (Fsp3) is 0.353. The molecule has 0 aliphatic heterocycles. The van der Waals surface area contributed by atoms with E-state index in [-0.39, 0.29) is 41.2 Å². The van der Waals surface area contributed by atoms with Gasteiger partial charge in [0.15, 0.2) is 23.9 Å². The van der Waals surface area contributed by atoms with E-state index in [1.807, 2.05) is 0 Å². The van der Waals surface area contributed by atoms with Gasteiger partial charge in [0, 0.05) is 19.1 Å². The first-order valence-corrected chi connectivity index (χ1v) is 8.52. The molecule has 0 saturated carbocycles. The molecule has 0 aliphatic rings. The molecule has 10 heteroatoms. The molecule has 0 radical (unpaired) electrons. The predicted octanol–water partition coefficient (Wildman–Crippen LogP) is 3.53. The highest BCUT2D eigenvalue weighted by molar-refractivity contribution is 6.35. The summed E-state index contributed by atoms with van der Waals surface area (Å²) in [5.41, 5.74) is 0.753. The van der Waals surface area contributed by atoms with Gasteiger partial charge in [0.05, 0.1) is 12.7 Å². The Hall–Kier alpha value is -1.87. The number of benzene rings is 1. The van der Waals surface area contributed by atoms with E-state index in [4.69, 9.17) is 32.7 Å². The minimum absolute atomic E-state index is 0.00503. The highest BCUT2D eigenvalue weighted by Crippen LogP contribution is 2.34. The molecule has 148 valence electrons. The van der Waals surface area contributed by atoms with Crippen LogP contribution in [0.3, 0.4) is 0 Å². The molecule has 2 rings (SSSR count). The molecule has 0 spiro atoms. The fourth-order valence-electron chi connectivity index (χ4n) is 2.31. The minimum atomic E-state index is -3.02. The molecule has 0 fully saturated rings. The van der Waals surface area contributed by atoms with Gasteiger partial charge in [-0.1, -0.05) is 29.3 Å². The Morgan fingerprint density at radius 3 is 2.41 bits per heavy atom. The number of rotatable bonds is 9. The number of hydrogen-bond donors (Lipinski definition) is 1. The van der Waals surface area contributed by atoms with Gasteiger partial charge >= 0.3 is 6.61 Å². The third-order valence-corrected chi connectivity index (χ3v) is 4.22. The lowest BCUT2D eigenvalue weighted by Crippen LogP contribution is -2.25. The normalized spacial score (nSPS) is 12.3. The number of alkyl halides is 2. The highest BCUT2D eigenvalue weighted by atomic mass is 35.5. The maximum absolute atomic E-state index is 12.5. The van der Waals surface area contributed by atoms with Gasteiger partial charge in [-0.2, -0.15) is 13.5 Å². The maximum atomic E-state index is 12.5. The monoisotopic (exact) mass is 423 g/mol. The van der Waals surface area contributed by atoms with Crippen molar-refractivity contribution in [2.45, 2.75) is 19.1 Å². The quantitative estimate of drug-likeness (QED) is 0.379. The van der Waals surface area contributed by atoms with Crippen LogP contribution in [0.1, 0.15) is 17.2 Å². The molecule has 1 unspecified atom stereocenters. The van der Waals surface area contributed by atoms with Crippen LogP contribution in [0.25, 0.3) is 0 Å².